The van der Waals surface area contributed by atoms with E-state index in [4.69, 9.17) is 9.84 Å². The second kappa shape index (κ2) is 17.2. The first kappa shape index (κ1) is 33.6. The summed E-state index contributed by atoms with van der Waals surface area (Å²) in [4.78, 5) is 38.0. The summed E-state index contributed by atoms with van der Waals surface area (Å²) in [6.07, 6.45) is 2.42. The van der Waals surface area contributed by atoms with E-state index < -0.39 is 5.97 Å². The van der Waals surface area contributed by atoms with Crippen molar-refractivity contribution in [2.75, 3.05) is 81.9 Å². The number of carboxylic acids is 1. The second-order valence-electron chi connectivity index (χ2n) is 8.39. The van der Waals surface area contributed by atoms with Crippen LogP contribution in [0.25, 0.3) is 0 Å². The first-order chi connectivity index (χ1) is 17.3. The summed E-state index contributed by atoms with van der Waals surface area (Å²) in [6.45, 7) is 8.53. The number of hydrogen-bond acceptors (Lipinski definition) is 10. The molecule has 14 heteroatoms. The average molecular weight is 547 g/mol. The molecule has 0 bridgehead atoms. The van der Waals surface area contributed by atoms with Gasteiger partial charge in [-0.15, -0.1) is 0 Å². The fraction of sp³-hybridized carbons (Fsp3) is 0.500. The molecule has 2 aromatic heterocycles. The van der Waals surface area contributed by atoms with Gasteiger partial charge in [0.15, 0.2) is 0 Å². The van der Waals surface area contributed by atoms with Gasteiger partial charge in [0.05, 0.1) is 32.1 Å². The summed E-state index contributed by atoms with van der Waals surface area (Å²) in [5.41, 5.74) is 0. The summed E-state index contributed by atoms with van der Waals surface area (Å²) in [7, 11) is 0. The van der Waals surface area contributed by atoms with Crippen molar-refractivity contribution in [2.24, 2.45) is 0 Å². The normalized spacial score (nSPS) is 15.9. The Hall–Kier alpha value is -2.42. The third-order valence-electron chi connectivity index (χ3n) is 5.83. The molecule has 0 aromatic carbocycles. The van der Waals surface area contributed by atoms with E-state index in [2.05, 4.69) is 19.8 Å². The van der Waals surface area contributed by atoms with Crippen molar-refractivity contribution in [3.63, 3.8) is 0 Å². The molecule has 2 saturated heterocycles. The first-order valence-electron chi connectivity index (χ1n) is 11.9. The van der Waals surface area contributed by atoms with Crippen LogP contribution in [0.4, 0.5) is 20.4 Å². The van der Waals surface area contributed by atoms with Crippen LogP contribution in [0, 0.1) is 11.6 Å². The number of aromatic nitrogens is 2. The van der Waals surface area contributed by atoms with Crippen molar-refractivity contribution in [3.05, 3.63) is 48.3 Å². The van der Waals surface area contributed by atoms with E-state index in [1.165, 1.54) is 24.5 Å². The SMILES string of the molecule is CCOC(=O)CN1CCN(c2ccc(F)cn2)CC1.O=C(O)CN1CCN(c2ccc(F)cn2)CC1.[Na+].[OH-]. The third-order valence-corrected chi connectivity index (χ3v) is 5.83. The summed E-state index contributed by atoms with van der Waals surface area (Å²) in [5, 5.41) is 8.67. The fourth-order valence-corrected chi connectivity index (χ4v) is 3.96. The number of anilines is 2. The van der Waals surface area contributed by atoms with Crippen molar-refractivity contribution >= 4 is 23.6 Å². The molecule has 0 saturated carbocycles. The number of pyridine rings is 2. The number of piperazine rings is 2. The van der Waals surface area contributed by atoms with E-state index in [-0.39, 0.29) is 59.2 Å². The van der Waals surface area contributed by atoms with Crippen LogP contribution in [-0.4, -0.2) is 114 Å². The van der Waals surface area contributed by atoms with Crippen molar-refractivity contribution < 1.29 is 63.2 Å². The number of nitrogens with zero attached hydrogens (tertiary/aromatic N) is 6. The first-order valence-corrected chi connectivity index (χ1v) is 11.9. The number of carbonyl (C=O) groups is 2. The Morgan fingerprint density at radius 1 is 0.816 bits per heavy atom. The number of ether oxygens (including phenoxy) is 1. The molecule has 0 radical (unpaired) electrons. The van der Waals surface area contributed by atoms with Crippen LogP contribution in [0.1, 0.15) is 6.92 Å². The van der Waals surface area contributed by atoms with E-state index >= 15 is 0 Å². The molecule has 4 heterocycles. The maximum Gasteiger partial charge on any atom is 1.00 e. The van der Waals surface area contributed by atoms with Crippen LogP contribution in [0.15, 0.2) is 36.7 Å². The van der Waals surface area contributed by atoms with Gasteiger partial charge in [-0.3, -0.25) is 19.4 Å². The molecule has 38 heavy (non-hydrogen) atoms. The topological polar surface area (TPSA) is 132 Å². The second-order valence-corrected chi connectivity index (χ2v) is 8.39. The van der Waals surface area contributed by atoms with Gasteiger partial charge in [-0.1, -0.05) is 0 Å². The number of halogens is 2. The van der Waals surface area contributed by atoms with Crippen LogP contribution in [-0.2, 0) is 14.3 Å². The number of carboxylic acid groups (broad SMARTS) is 1. The van der Waals surface area contributed by atoms with E-state index in [1.54, 1.807) is 19.1 Å². The molecule has 0 spiro atoms. The maximum absolute atomic E-state index is 12.8. The Bertz CT molecular complexity index is 973. The number of rotatable bonds is 7. The number of hydrogen-bond donors (Lipinski definition) is 1. The molecule has 2 N–H and O–H groups in total. The average Bonchev–Trinajstić information content (AvgIpc) is 2.86. The van der Waals surface area contributed by atoms with Crippen LogP contribution in [0.3, 0.4) is 0 Å². The molecular formula is C24H33F2N6NaO5. The maximum atomic E-state index is 12.8. The van der Waals surface area contributed by atoms with E-state index in [1.807, 2.05) is 9.80 Å². The number of aliphatic carboxylic acids is 1. The summed E-state index contributed by atoms with van der Waals surface area (Å²) in [5.74, 6) is -0.157. The Labute approximate surface area is 243 Å². The van der Waals surface area contributed by atoms with Gasteiger partial charge in [0.2, 0.25) is 0 Å². The predicted octanol–water partition coefficient (Wildman–Crippen LogP) is -1.84. The van der Waals surface area contributed by atoms with E-state index in [9.17, 15) is 18.4 Å². The molecule has 11 nitrogen and oxygen atoms in total. The Morgan fingerprint density at radius 3 is 1.58 bits per heavy atom. The van der Waals surface area contributed by atoms with E-state index in [0.717, 1.165) is 37.8 Å². The zero-order chi connectivity index (χ0) is 25.9. The number of carbonyl (C=O) groups excluding carboxylic acids is 1. The molecular weight excluding hydrogens is 513 g/mol. The molecule has 0 atom stereocenters. The van der Waals surface area contributed by atoms with Gasteiger partial charge in [0, 0.05) is 52.4 Å². The summed E-state index contributed by atoms with van der Waals surface area (Å²) < 4.78 is 30.4. The van der Waals surface area contributed by atoms with Gasteiger partial charge in [-0.2, -0.15) is 0 Å². The van der Waals surface area contributed by atoms with E-state index in [0.29, 0.717) is 39.3 Å². The monoisotopic (exact) mass is 546 g/mol. The molecule has 204 valence electrons. The molecule has 0 aliphatic carbocycles. The van der Waals surface area contributed by atoms with Crippen LogP contribution < -0.4 is 39.4 Å². The molecule has 2 aliphatic rings. The minimum atomic E-state index is -0.807. The van der Waals surface area contributed by atoms with Gasteiger partial charge in [-0.25, -0.2) is 18.7 Å². The third kappa shape index (κ3) is 11.1. The summed E-state index contributed by atoms with van der Waals surface area (Å²) in [6, 6.07) is 6.11. The van der Waals surface area contributed by atoms with Crippen LogP contribution >= 0.6 is 0 Å². The van der Waals surface area contributed by atoms with Gasteiger partial charge in [-0.05, 0) is 31.2 Å². The fourth-order valence-electron chi connectivity index (χ4n) is 3.96. The molecule has 0 amide bonds. The molecule has 2 aliphatic heterocycles. The standard InChI is InChI=1S/C13H18FN3O2.C11H14FN3O2.Na.H2O/c1-2-19-13(18)10-16-5-7-17(8-6-16)12-4-3-11(14)9-15-12;12-9-1-2-10(13-7-9)15-5-3-14(4-6-15)8-11(16)17;;/h3-4,9H,2,5-8,10H2,1H3;1-2,7H,3-6,8H2,(H,16,17);;1H2/q;;+1;/p-1. The predicted molar refractivity (Wildman–Crippen MR) is 132 cm³/mol. The quantitative estimate of drug-likeness (QED) is 0.310. The minimum absolute atomic E-state index is 0. The van der Waals surface area contributed by atoms with Crippen molar-refractivity contribution in [1.82, 2.24) is 19.8 Å². The zero-order valence-corrected chi connectivity index (χ0v) is 23.8. The van der Waals surface area contributed by atoms with Gasteiger partial charge < -0.3 is 25.1 Å². The van der Waals surface area contributed by atoms with Gasteiger partial charge in [0.25, 0.3) is 0 Å². The Balaban J connectivity index is 0.000000363. The summed E-state index contributed by atoms with van der Waals surface area (Å²) >= 11 is 0. The largest absolute Gasteiger partial charge is 1.00 e. The number of esters is 1. The van der Waals surface area contributed by atoms with Crippen molar-refractivity contribution in [2.45, 2.75) is 6.92 Å². The van der Waals surface area contributed by atoms with Crippen molar-refractivity contribution in [1.29, 1.82) is 0 Å². The smallest absolute Gasteiger partial charge is 0.870 e. The molecule has 2 fully saturated rings. The van der Waals surface area contributed by atoms with Gasteiger partial charge in [0.1, 0.15) is 23.3 Å². The van der Waals surface area contributed by atoms with Crippen LogP contribution in [0.5, 0.6) is 0 Å². The molecule has 0 unspecified atom stereocenters. The molecule has 4 rings (SSSR count). The minimum Gasteiger partial charge on any atom is -0.870 e. The molecule has 2 aromatic rings. The zero-order valence-electron chi connectivity index (χ0n) is 21.8. The van der Waals surface area contributed by atoms with Gasteiger partial charge >= 0.3 is 41.5 Å². The Morgan fingerprint density at radius 2 is 1.24 bits per heavy atom. The Kier molecular flexibility index (Phi) is 15.2. The van der Waals surface area contributed by atoms with Crippen LogP contribution in [0.2, 0.25) is 0 Å². The van der Waals surface area contributed by atoms with Crippen molar-refractivity contribution in [3.8, 4) is 0 Å².